The Morgan fingerprint density at radius 1 is 1.60 bits per heavy atom. The van der Waals surface area contributed by atoms with Crippen LogP contribution in [0.25, 0.3) is 10.6 Å². The molecule has 2 aromatic heterocycles. The third-order valence-corrected chi connectivity index (χ3v) is 3.11. The standard InChI is InChI=1S/C10H12N2O2S/c1-3-7-9(14-12-10(7)11)8-4-6(13-2)5-15-8/h4-5H,3H2,1-2H3,(H2,11,12). The Morgan fingerprint density at radius 3 is 3.00 bits per heavy atom. The fourth-order valence-corrected chi connectivity index (χ4v) is 2.26. The van der Waals surface area contributed by atoms with Crippen LogP contribution in [0.5, 0.6) is 5.75 Å². The van der Waals surface area contributed by atoms with Gasteiger partial charge in [0.2, 0.25) is 0 Å². The lowest BCUT2D eigenvalue weighted by molar-refractivity contribution is 0.416. The number of ether oxygens (including phenoxy) is 1. The van der Waals surface area contributed by atoms with E-state index in [1.807, 2.05) is 18.4 Å². The number of nitrogen functional groups attached to an aromatic ring is 1. The Balaban J connectivity index is 2.44. The average Bonchev–Trinajstić information content (AvgIpc) is 2.83. The summed E-state index contributed by atoms with van der Waals surface area (Å²) in [6.07, 6.45) is 0.810. The van der Waals surface area contributed by atoms with Gasteiger partial charge in [-0.25, -0.2) is 0 Å². The molecule has 80 valence electrons. The Morgan fingerprint density at radius 2 is 2.40 bits per heavy atom. The third-order valence-electron chi connectivity index (χ3n) is 2.21. The number of rotatable bonds is 3. The minimum atomic E-state index is 0.472. The van der Waals surface area contributed by atoms with E-state index >= 15 is 0 Å². The molecule has 0 atom stereocenters. The van der Waals surface area contributed by atoms with E-state index < -0.39 is 0 Å². The van der Waals surface area contributed by atoms with Gasteiger partial charge in [-0.3, -0.25) is 0 Å². The summed E-state index contributed by atoms with van der Waals surface area (Å²) in [6, 6.07) is 1.92. The van der Waals surface area contributed by atoms with Crippen LogP contribution in [0.1, 0.15) is 12.5 Å². The lowest BCUT2D eigenvalue weighted by atomic mass is 10.1. The van der Waals surface area contributed by atoms with Crippen molar-refractivity contribution >= 4 is 17.2 Å². The molecule has 0 amide bonds. The second kappa shape index (κ2) is 3.94. The monoisotopic (exact) mass is 224 g/mol. The van der Waals surface area contributed by atoms with E-state index in [9.17, 15) is 0 Å². The topological polar surface area (TPSA) is 61.3 Å². The predicted molar refractivity (Wildman–Crippen MR) is 60.2 cm³/mol. The summed E-state index contributed by atoms with van der Waals surface area (Å²) in [5.74, 6) is 2.05. The van der Waals surface area contributed by atoms with Crippen molar-refractivity contribution in [2.24, 2.45) is 0 Å². The van der Waals surface area contributed by atoms with Crippen molar-refractivity contribution in [2.75, 3.05) is 12.8 Å². The van der Waals surface area contributed by atoms with Crippen molar-refractivity contribution in [3.05, 3.63) is 17.0 Å². The predicted octanol–water partition coefficient (Wildman–Crippen LogP) is 2.56. The molecule has 0 radical (unpaired) electrons. The number of nitrogens with zero attached hydrogens (tertiary/aromatic N) is 1. The van der Waals surface area contributed by atoms with E-state index in [4.69, 9.17) is 15.0 Å². The van der Waals surface area contributed by atoms with Gasteiger partial charge in [0, 0.05) is 17.0 Å². The van der Waals surface area contributed by atoms with Crippen molar-refractivity contribution in [3.63, 3.8) is 0 Å². The molecule has 2 rings (SSSR count). The Bertz CT molecular complexity index is 462. The number of nitrogens with two attached hydrogens (primary N) is 1. The van der Waals surface area contributed by atoms with Gasteiger partial charge in [0.1, 0.15) is 5.75 Å². The van der Waals surface area contributed by atoms with Crippen LogP contribution in [-0.2, 0) is 6.42 Å². The number of hydrogen-bond donors (Lipinski definition) is 1. The molecule has 0 aliphatic carbocycles. The molecular weight excluding hydrogens is 212 g/mol. The maximum absolute atomic E-state index is 5.70. The molecule has 0 aliphatic heterocycles. The molecule has 0 bridgehead atoms. The van der Waals surface area contributed by atoms with Crippen molar-refractivity contribution in [1.29, 1.82) is 0 Å². The van der Waals surface area contributed by atoms with Crippen molar-refractivity contribution in [1.82, 2.24) is 5.16 Å². The maximum atomic E-state index is 5.70. The van der Waals surface area contributed by atoms with Gasteiger partial charge in [0.25, 0.3) is 0 Å². The SMILES string of the molecule is CCc1c(N)noc1-c1cc(OC)cs1. The Kier molecular flexibility index (Phi) is 2.64. The van der Waals surface area contributed by atoms with Gasteiger partial charge >= 0.3 is 0 Å². The number of anilines is 1. The van der Waals surface area contributed by atoms with E-state index in [1.54, 1.807) is 18.4 Å². The normalized spacial score (nSPS) is 10.5. The van der Waals surface area contributed by atoms with Gasteiger partial charge in [-0.05, 0) is 6.42 Å². The molecule has 0 saturated heterocycles. The van der Waals surface area contributed by atoms with Gasteiger partial charge < -0.3 is 15.0 Å². The van der Waals surface area contributed by atoms with Crippen LogP contribution >= 0.6 is 11.3 Å². The van der Waals surface area contributed by atoms with E-state index in [-0.39, 0.29) is 0 Å². The first kappa shape index (κ1) is 10.0. The zero-order valence-electron chi connectivity index (χ0n) is 8.61. The van der Waals surface area contributed by atoms with Crippen LogP contribution in [0.15, 0.2) is 16.0 Å². The highest BCUT2D eigenvalue weighted by Crippen LogP contribution is 2.35. The Labute approximate surface area is 91.6 Å². The van der Waals surface area contributed by atoms with Gasteiger partial charge in [-0.15, -0.1) is 11.3 Å². The lowest BCUT2D eigenvalue weighted by Gasteiger charge is -1.94. The molecule has 2 N–H and O–H groups in total. The fraction of sp³-hybridized carbons (Fsp3) is 0.300. The quantitative estimate of drug-likeness (QED) is 0.870. The van der Waals surface area contributed by atoms with E-state index in [0.29, 0.717) is 5.82 Å². The summed E-state index contributed by atoms with van der Waals surface area (Å²) >= 11 is 1.56. The number of thiophene rings is 1. The van der Waals surface area contributed by atoms with E-state index in [2.05, 4.69) is 5.16 Å². The zero-order chi connectivity index (χ0) is 10.8. The molecule has 4 nitrogen and oxygen atoms in total. The second-order valence-electron chi connectivity index (χ2n) is 3.08. The summed E-state index contributed by atoms with van der Waals surface area (Å²) in [7, 11) is 1.64. The maximum Gasteiger partial charge on any atom is 0.182 e. The van der Waals surface area contributed by atoms with Crippen molar-refractivity contribution in [3.8, 4) is 16.4 Å². The first-order valence-electron chi connectivity index (χ1n) is 4.63. The first-order valence-corrected chi connectivity index (χ1v) is 5.51. The van der Waals surface area contributed by atoms with Crippen LogP contribution in [-0.4, -0.2) is 12.3 Å². The lowest BCUT2D eigenvalue weighted by Crippen LogP contribution is -1.90. The molecule has 0 aromatic carbocycles. The van der Waals surface area contributed by atoms with Crippen LogP contribution in [0.4, 0.5) is 5.82 Å². The smallest absolute Gasteiger partial charge is 0.182 e. The molecule has 5 heteroatoms. The summed E-state index contributed by atoms with van der Waals surface area (Å²) in [5, 5.41) is 5.69. The highest BCUT2D eigenvalue weighted by Gasteiger charge is 2.15. The summed E-state index contributed by atoms with van der Waals surface area (Å²) in [5.41, 5.74) is 6.65. The molecule has 0 unspecified atom stereocenters. The molecule has 0 aliphatic rings. The summed E-state index contributed by atoms with van der Waals surface area (Å²) in [4.78, 5) is 0.993. The Hall–Kier alpha value is -1.49. The highest BCUT2D eigenvalue weighted by molar-refractivity contribution is 7.13. The minimum absolute atomic E-state index is 0.472. The number of hydrogen-bond acceptors (Lipinski definition) is 5. The highest BCUT2D eigenvalue weighted by atomic mass is 32.1. The largest absolute Gasteiger partial charge is 0.496 e. The van der Waals surface area contributed by atoms with Crippen LogP contribution in [0, 0.1) is 0 Å². The number of aromatic nitrogens is 1. The summed E-state index contributed by atoms with van der Waals surface area (Å²) < 4.78 is 10.3. The molecule has 2 aromatic rings. The molecule has 0 spiro atoms. The van der Waals surface area contributed by atoms with Crippen LogP contribution in [0.3, 0.4) is 0 Å². The molecule has 0 saturated carbocycles. The summed E-state index contributed by atoms with van der Waals surface area (Å²) in [6.45, 7) is 2.03. The third kappa shape index (κ3) is 1.70. The van der Waals surface area contributed by atoms with E-state index in [0.717, 1.165) is 28.4 Å². The van der Waals surface area contributed by atoms with Gasteiger partial charge in [0.05, 0.1) is 12.0 Å². The molecular formula is C10H12N2O2S. The van der Waals surface area contributed by atoms with Crippen LogP contribution < -0.4 is 10.5 Å². The fourth-order valence-electron chi connectivity index (χ4n) is 1.40. The molecule has 2 heterocycles. The number of methoxy groups -OCH3 is 1. The minimum Gasteiger partial charge on any atom is -0.496 e. The van der Waals surface area contributed by atoms with Gasteiger partial charge in [0.15, 0.2) is 11.6 Å². The average molecular weight is 224 g/mol. The van der Waals surface area contributed by atoms with Crippen molar-refractivity contribution in [2.45, 2.75) is 13.3 Å². The van der Waals surface area contributed by atoms with Crippen molar-refractivity contribution < 1.29 is 9.26 Å². The second-order valence-corrected chi connectivity index (χ2v) is 3.99. The van der Waals surface area contributed by atoms with Crippen LogP contribution in [0.2, 0.25) is 0 Å². The first-order chi connectivity index (χ1) is 7.26. The molecule has 15 heavy (non-hydrogen) atoms. The van der Waals surface area contributed by atoms with Gasteiger partial charge in [-0.2, -0.15) is 0 Å². The van der Waals surface area contributed by atoms with Gasteiger partial charge in [-0.1, -0.05) is 12.1 Å². The molecule has 0 fully saturated rings. The van der Waals surface area contributed by atoms with E-state index in [1.165, 1.54) is 0 Å². The zero-order valence-corrected chi connectivity index (χ0v) is 9.43.